The maximum atomic E-state index is 11.8. The predicted molar refractivity (Wildman–Crippen MR) is 62.3 cm³/mol. The number of hydrogen-bond donors (Lipinski definition) is 2. The van der Waals surface area contributed by atoms with Gasteiger partial charge in [0, 0.05) is 13.2 Å². The second-order valence-electron chi connectivity index (χ2n) is 4.20. The van der Waals surface area contributed by atoms with Crippen LogP contribution < -0.4 is 10.6 Å². The zero-order valence-electron chi connectivity index (χ0n) is 10.8. The highest BCUT2D eigenvalue weighted by Crippen LogP contribution is 2.11. The first kappa shape index (κ1) is 17.2. The molecule has 0 atom stereocenters. The number of rotatable bonds is 9. The fourth-order valence-corrected chi connectivity index (χ4v) is 1.15. The van der Waals surface area contributed by atoms with Gasteiger partial charge in [-0.2, -0.15) is 13.2 Å². The summed E-state index contributed by atoms with van der Waals surface area (Å²) < 4.78 is 40.6. The molecule has 0 heterocycles. The standard InChI is InChI=1S/C11H21F3N2O2/c1-9(2)18-6-4-3-5-16-10(17)7-15-8-11(12,13)14/h9,15H,3-8H2,1-2H3,(H,16,17). The van der Waals surface area contributed by atoms with Crippen LogP contribution in [0.3, 0.4) is 0 Å². The van der Waals surface area contributed by atoms with Crippen LogP contribution in [0.15, 0.2) is 0 Å². The lowest BCUT2D eigenvalue weighted by Gasteiger charge is -2.09. The summed E-state index contributed by atoms with van der Waals surface area (Å²) in [5.41, 5.74) is 0. The maximum absolute atomic E-state index is 11.8. The van der Waals surface area contributed by atoms with Gasteiger partial charge in [0.25, 0.3) is 0 Å². The maximum Gasteiger partial charge on any atom is 0.401 e. The molecule has 0 aliphatic heterocycles. The molecular weight excluding hydrogens is 249 g/mol. The predicted octanol–water partition coefficient (Wildman–Crippen LogP) is 1.46. The van der Waals surface area contributed by atoms with E-state index in [1.54, 1.807) is 0 Å². The second-order valence-corrected chi connectivity index (χ2v) is 4.20. The van der Waals surface area contributed by atoms with Gasteiger partial charge in [-0.3, -0.25) is 4.79 Å². The van der Waals surface area contributed by atoms with Crippen molar-refractivity contribution in [3.63, 3.8) is 0 Å². The Morgan fingerprint density at radius 2 is 1.94 bits per heavy atom. The van der Waals surface area contributed by atoms with Crippen molar-refractivity contribution >= 4 is 5.91 Å². The van der Waals surface area contributed by atoms with Gasteiger partial charge in [-0.25, -0.2) is 0 Å². The highest BCUT2D eigenvalue weighted by atomic mass is 19.4. The van der Waals surface area contributed by atoms with Crippen LogP contribution in [0.25, 0.3) is 0 Å². The molecule has 0 aromatic rings. The monoisotopic (exact) mass is 270 g/mol. The zero-order valence-corrected chi connectivity index (χ0v) is 10.8. The molecule has 4 nitrogen and oxygen atoms in total. The zero-order chi connectivity index (χ0) is 14.0. The Morgan fingerprint density at radius 1 is 1.28 bits per heavy atom. The van der Waals surface area contributed by atoms with Gasteiger partial charge in [0.15, 0.2) is 0 Å². The van der Waals surface area contributed by atoms with Gasteiger partial charge in [-0.1, -0.05) is 0 Å². The Kier molecular flexibility index (Phi) is 8.74. The van der Waals surface area contributed by atoms with E-state index in [1.165, 1.54) is 0 Å². The van der Waals surface area contributed by atoms with Crippen LogP contribution in [0.5, 0.6) is 0 Å². The summed E-state index contributed by atoms with van der Waals surface area (Å²) in [7, 11) is 0. The largest absolute Gasteiger partial charge is 0.401 e. The van der Waals surface area contributed by atoms with Gasteiger partial charge in [0.05, 0.1) is 19.2 Å². The molecule has 0 rings (SSSR count). The van der Waals surface area contributed by atoms with E-state index in [4.69, 9.17) is 4.74 Å². The van der Waals surface area contributed by atoms with Crippen molar-refractivity contribution in [3.05, 3.63) is 0 Å². The van der Waals surface area contributed by atoms with Gasteiger partial charge in [-0.05, 0) is 26.7 Å². The Morgan fingerprint density at radius 3 is 2.50 bits per heavy atom. The first-order valence-corrected chi connectivity index (χ1v) is 5.97. The average Bonchev–Trinajstić information content (AvgIpc) is 2.20. The van der Waals surface area contributed by atoms with E-state index in [9.17, 15) is 18.0 Å². The van der Waals surface area contributed by atoms with Gasteiger partial charge >= 0.3 is 6.18 Å². The van der Waals surface area contributed by atoms with Crippen LogP contribution in [0.1, 0.15) is 26.7 Å². The van der Waals surface area contributed by atoms with Crippen LogP contribution in [-0.4, -0.2) is 44.4 Å². The molecule has 0 bridgehead atoms. The number of halogens is 3. The third-order valence-corrected chi connectivity index (χ3v) is 1.96. The van der Waals surface area contributed by atoms with E-state index in [-0.39, 0.29) is 12.6 Å². The van der Waals surface area contributed by atoms with Crippen molar-refractivity contribution in [2.45, 2.75) is 39.0 Å². The lowest BCUT2D eigenvalue weighted by molar-refractivity contribution is -0.128. The van der Waals surface area contributed by atoms with Crippen LogP contribution in [0.4, 0.5) is 13.2 Å². The van der Waals surface area contributed by atoms with Gasteiger partial charge in [-0.15, -0.1) is 0 Å². The number of ether oxygens (including phenoxy) is 1. The van der Waals surface area contributed by atoms with Crippen LogP contribution in [0, 0.1) is 0 Å². The minimum atomic E-state index is -4.28. The molecule has 108 valence electrons. The molecule has 2 N–H and O–H groups in total. The highest BCUT2D eigenvalue weighted by molar-refractivity contribution is 5.77. The number of carbonyl (C=O) groups is 1. The fourth-order valence-electron chi connectivity index (χ4n) is 1.15. The van der Waals surface area contributed by atoms with Crippen molar-refractivity contribution in [1.29, 1.82) is 0 Å². The number of carbonyl (C=O) groups excluding carboxylic acids is 1. The topological polar surface area (TPSA) is 50.4 Å². The Hall–Kier alpha value is -0.820. The minimum absolute atomic E-state index is 0.186. The lowest BCUT2D eigenvalue weighted by atomic mass is 10.3. The van der Waals surface area contributed by atoms with E-state index in [1.807, 2.05) is 19.2 Å². The van der Waals surface area contributed by atoms with Crippen molar-refractivity contribution in [2.24, 2.45) is 0 Å². The third-order valence-electron chi connectivity index (χ3n) is 1.96. The quantitative estimate of drug-likeness (QED) is 0.624. The number of alkyl halides is 3. The fraction of sp³-hybridized carbons (Fsp3) is 0.909. The van der Waals surface area contributed by atoms with E-state index >= 15 is 0 Å². The van der Waals surface area contributed by atoms with E-state index in [0.29, 0.717) is 13.2 Å². The molecule has 1 amide bonds. The lowest BCUT2D eigenvalue weighted by Crippen LogP contribution is -2.38. The Balaban J connectivity index is 3.32. The molecule has 0 unspecified atom stereocenters. The normalized spacial score (nSPS) is 11.9. The summed E-state index contributed by atoms with van der Waals surface area (Å²) >= 11 is 0. The summed E-state index contributed by atoms with van der Waals surface area (Å²) in [5.74, 6) is -0.427. The van der Waals surface area contributed by atoms with Crippen molar-refractivity contribution < 1.29 is 22.7 Å². The van der Waals surface area contributed by atoms with Crippen LogP contribution in [-0.2, 0) is 9.53 Å². The molecule has 0 aromatic heterocycles. The molecule has 0 spiro atoms. The van der Waals surface area contributed by atoms with Crippen molar-refractivity contribution in [1.82, 2.24) is 10.6 Å². The first-order valence-electron chi connectivity index (χ1n) is 5.97. The third kappa shape index (κ3) is 13.2. The smallest absolute Gasteiger partial charge is 0.379 e. The van der Waals surface area contributed by atoms with E-state index in [0.717, 1.165) is 12.8 Å². The summed E-state index contributed by atoms with van der Waals surface area (Å²) in [6, 6.07) is 0. The molecule has 0 aliphatic rings. The Bertz CT molecular complexity index is 233. The minimum Gasteiger partial charge on any atom is -0.379 e. The molecule has 7 heteroatoms. The number of nitrogens with one attached hydrogen (secondary N) is 2. The summed E-state index contributed by atoms with van der Waals surface area (Å²) in [6.45, 7) is 3.49. The average molecular weight is 270 g/mol. The highest BCUT2D eigenvalue weighted by Gasteiger charge is 2.26. The summed E-state index contributed by atoms with van der Waals surface area (Å²) in [5, 5.41) is 4.56. The number of hydrogen-bond acceptors (Lipinski definition) is 3. The SMILES string of the molecule is CC(C)OCCCCNC(=O)CNCC(F)(F)F. The summed E-state index contributed by atoms with van der Waals surface area (Å²) in [6.07, 6.45) is -2.54. The molecule has 18 heavy (non-hydrogen) atoms. The van der Waals surface area contributed by atoms with E-state index in [2.05, 4.69) is 5.32 Å². The van der Waals surface area contributed by atoms with Crippen molar-refractivity contribution in [2.75, 3.05) is 26.2 Å². The molecule has 0 aromatic carbocycles. The first-order chi connectivity index (χ1) is 8.31. The molecule has 0 radical (unpaired) electrons. The number of unbranched alkanes of at least 4 members (excludes halogenated alkanes) is 1. The van der Waals surface area contributed by atoms with Gasteiger partial charge in [0.2, 0.25) is 5.91 Å². The second kappa shape index (κ2) is 9.16. The number of amides is 1. The van der Waals surface area contributed by atoms with Crippen LogP contribution >= 0.6 is 0 Å². The van der Waals surface area contributed by atoms with Gasteiger partial charge < -0.3 is 15.4 Å². The molecule has 0 aliphatic carbocycles. The van der Waals surface area contributed by atoms with Crippen LogP contribution in [0.2, 0.25) is 0 Å². The van der Waals surface area contributed by atoms with Crippen molar-refractivity contribution in [3.8, 4) is 0 Å². The molecule has 0 saturated carbocycles. The van der Waals surface area contributed by atoms with Gasteiger partial charge in [0.1, 0.15) is 0 Å². The molecule has 0 saturated heterocycles. The Labute approximate surface area is 105 Å². The van der Waals surface area contributed by atoms with E-state index < -0.39 is 18.6 Å². The summed E-state index contributed by atoms with van der Waals surface area (Å²) in [4.78, 5) is 11.1. The molecule has 0 fully saturated rings. The molecular formula is C11H21F3N2O2.